The number of morpholine rings is 1. The first-order valence-electron chi connectivity index (χ1n) is 6.39. The highest BCUT2D eigenvalue weighted by Crippen LogP contribution is 2.26. The molecule has 1 aliphatic heterocycles. The molecule has 0 radical (unpaired) electrons. The van der Waals surface area contributed by atoms with Gasteiger partial charge < -0.3 is 9.84 Å². The fraction of sp³-hybridized carbons (Fsp3) is 0.571. The quantitative estimate of drug-likeness (QED) is 0.913. The van der Waals surface area contributed by atoms with Crippen LogP contribution in [0.25, 0.3) is 0 Å². The molecule has 1 aromatic rings. The van der Waals surface area contributed by atoms with Crippen LogP contribution in [-0.4, -0.2) is 36.2 Å². The molecule has 4 heteroatoms. The van der Waals surface area contributed by atoms with Gasteiger partial charge in [0.2, 0.25) is 5.79 Å². The van der Waals surface area contributed by atoms with E-state index >= 15 is 0 Å². The van der Waals surface area contributed by atoms with Gasteiger partial charge in [0.05, 0.1) is 13.2 Å². The van der Waals surface area contributed by atoms with Crippen LogP contribution in [-0.2, 0) is 10.5 Å². The number of hydrogen-bond donors (Lipinski definition) is 1. The molecule has 0 aromatic heterocycles. The monoisotopic (exact) mass is 271 g/mol. The largest absolute Gasteiger partial charge is 0.361 e. The molecule has 0 amide bonds. The molecular formula is C14H22ClNO2. The molecule has 1 saturated heterocycles. The summed E-state index contributed by atoms with van der Waals surface area (Å²) in [6.45, 7) is 5.29. The zero-order valence-corrected chi connectivity index (χ0v) is 11.7. The number of rotatable bonds is 4. The molecule has 2 rings (SSSR count). The number of aliphatic hydroxyl groups is 1. The standard InChI is InChI=1S/C14H21NO2.ClH/c1-2-3-9-15-10-11-17-14(16,12-15)13-7-5-4-6-8-13;/h4-8,16H,2-3,9-12H2,1H3;1H. The molecule has 1 N–H and O–H groups in total. The highest BCUT2D eigenvalue weighted by molar-refractivity contribution is 5.85. The first-order chi connectivity index (χ1) is 8.24. The van der Waals surface area contributed by atoms with Gasteiger partial charge in [0.25, 0.3) is 0 Å². The molecule has 0 saturated carbocycles. The molecule has 1 aliphatic rings. The highest BCUT2D eigenvalue weighted by Gasteiger charge is 2.35. The SMILES string of the molecule is CCCCN1CCOC(O)(c2ccccc2)C1.Cl. The van der Waals surface area contributed by atoms with Gasteiger partial charge in [-0.1, -0.05) is 43.7 Å². The Balaban J connectivity index is 0.00000162. The van der Waals surface area contributed by atoms with Crippen molar-refractivity contribution in [3.05, 3.63) is 35.9 Å². The van der Waals surface area contributed by atoms with E-state index in [-0.39, 0.29) is 12.4 Å². The van der Waals surface area contributed by atoms with Gasteiger partial charge in [-0.25, -0.2) is 0 Å². The highest BCUT2D eigenvalue weighted by atomic mass is 35.5. The van der Waals surface area contributed by atoms with Crippen molar-refractivity contribution in [2.24, 2.45) is 0 Å². The summed E-state index contributed by atoms with van der Waals surface area (Å²) in [5, 5.41) is 10.5. The van der Waals surface area contributed by atoms with E-state index in [2.05, 4.69) is 11.8 Å². The Kier molecular flexibility index (Phi) is 6.09. The number of nitrogens with zero attached hydrogens (tertiary/aromatic N) is 1. The Morgan fingerprint density at radius 1 is 1.33 bits per heavy atom. The predicted octanol–water partition coefficient (Wildman–Crippen LogP) is 2.39. The van der Waals surface area contributed by atoms with E-state index in [0.717, 1.165) is 18.7 Å². The molecule has 0 bridgehead atoms. The van der Waals surface area contributed by atoms with Crippen molar-refractivity contribution < 1.29 is 9.84 Å². The van der Waals surface area contributed by atoms with Gasteiger partial charge in [-0.05, 0) is 13.0 Å². The van der Waals surface area contributed by atoms with Crippen LogP contribution in [0, 0.1) is 0 Å². The predicted molar refractivity (Wildman–Crippen MR) is 74.9 cm³/mol. The Morgan fingerprint density at radius 3 is 2.72 bits per heavy atom. The Morgan fingerprint density at radius 2 is 2.06 bits per heavy atom. The molecule has 1 heterocycles. The maximum Gasteiger partial charge on any atom is 0.205 e. The molecular weight excluding hydrogens is 250 g/mol. The molecule has 1 atom stereocenters. The minimum Gasteiger partial charge on any atom is -0.361 e. The minimum atomic E-state index is -1.13. The second-order valence-corrected chi connectivity index (χ2v) is 4.63. The summed E-state index contributed by atoms with van der Waals surface area (Å²) in [6.07, 6.45) is 2.35. The molecule has 1 fully saturated rings. The summed E-state index contributed by atoms with van der Waals surface area (Å²) in [5.41, 5.74) is 0.848. The fourth-order valence-electron chi connectivity index (χ4n) is 2.22. The molecule has 0 spiro atoms. The van der Waals surface area contributed by atoms with Gasteiger partial charge in [-0.3, -0.25) is 4.90 Å². The third-order valence-electron chi connectivity index (χ3n) is 3.24. The average Bonchev–Trinajstić information content (AvgIpc) is 2.38. The van der Waals surface area contributed by atoms with Crippen molar-refractivity contribution >= 4 is 12.4 Å². The van der Waals surface area contributed by atoms with Crippen LogP contribution in [0.5, 0.6) is 0 Å². The average molecular weight is 272 g/mol. The van der Waals surface area contributed by atoms with E-state index in [9.17, 15) is 5.11 Å². The van der Waals surface area contributed by atoms with Gasteiger partial charge in [0, 0.05) is 12.1 Å². The van der Waals surface area contributed by atoms with Crippen LogP contribution >= 0.6 is 12.4 Å². The lowest BCUT2D eigenvalue weighted by molar-refractivity contribution is -0.248. The van der Waals surface area contributed by atoms with Crippen LogP contribution in [0.3, 0.4) is 0 Å². The maximum absolute atomic E-state index is 10.5. The minimum absolute atomic E-state index is 0. The summed E-state index contributed by atoms with van der Waals surface area (Å²) in [5.74, 6) is -1.13. The Bertz CT molecular complexity index is 347. The molecule has 18 heavy (non-hydrogen) atoms. The van der Waals surface area contributed by atoms with Crippen molar-refractivity contribution in [3.8, 4) is 0 Å². The van der Waals surface area contributed by atoms with Crippen LogP contribution in [0.2, 0.25) is 0 Å². The lowest BCUT2D eigenvalue weighted by Gasteiger charge is -2.39. The van der Waals surface area contributed by atoms with Gasteiger partial charge in [-0.15, -0.1) is 12.4 Å². The third kappa shape index (κ3) is 3.69. The van der Waals surface area contributed by atoms with Crippen LogP contribution in [0.15, 0.2) is 30.3 Å². The van der Waals surface area contributed by atoms with Crippen molar-refractivity contribution in [2.75, 3.05) is 26.2 Å². The van der Waals surface area contributed by atoms with Crippen LogP contribution < -0.4 is 0 Å². The number of ether oxygens (including phenoxy) is 1. The second kappa shape index (κ2) is 7.10. The summed E-state index contributed by atoms with van der Waals surface area (Å²) >= 11 is 0. The van der Waals surface area contributed by atoms with Crippen molar-refractivity contribution in [2.45, 2.75) is 25.6 Å². The summed E-state index contributed by atoms with van der Waals surface area (Å²) in [7, 11) is 0. The Labute approximate surface area is 115 Å². The van der Waals surface area contributed by atoms with Gasteiger partial charge >= 0.3 is 0 Å². The zero-order valence-electron chi connectivity index (χ0n) is 10.8. The number of benzene rings is 1. The van der Waals surface area contributed by atoms with Gasteiger partial charge in [0.15, 0.2) is 0 Å². The van der Waals surface area contributed by atoms with E-state index in [1.807, 2.05) is 30.3 Å². The lowest BCUT2D eigenvalue weighted by atomic mass is 10.0. The normalized spacial score (nSPS) is 24.6. The maximum atomic E-state index is 10.5. The zero-order chi connectivity index (χ0) is 12.1. The van der Waals surface area contributed by atoms with Crippen molar-refractivity contribution in [1.82, 2.24) is 4.90 Å². The molecule has 1 aromatic carbocycles. The van der Waals surface area contributed by atoms with Gasteiger partial charge in [0.1, 0.15) is 0 Å². The number of hydrogen-bond acceptors (Lipinski definition) is 3. The van der Waals surface area contributed by atoms with Crippen LogP contribution in [0.1, 0.15) is 25.3 Å². The summed E-state index contributed by atoms with van der Waals surface area (Å²) < 4.78 is 5.58. The Hall–Kier alpha value is -0.610. The van der Waals surface area contributed by atoms with E-state index < -0.39 is 5.79 Å². The van der Waals surface area contributed by atoms with E-state index in [1.165, 1.54) is 12.8 Å². The fourth-order valence-corrected chi connectivity index (χ4v) is 2.22. The molecule has 3 nitrogen and oxygen atoms in total. The second-order valence-electron chi connectivity index (χ2n) is 4.63. The van der Waals surface area contributed by atoms with E-state index in [1.54, 1.807) is 0 Å². The summed E-state index contributed by atoms with van der Waals surface area (Å²) in [4.78, 5) is 2.28. The third-order valence-corrected chi connectivity index (χ3v) is 3.24. The number of β-amino-alcohol motifs (C(OH)–C–C–N with tert-alkyl or cyclic N) is 1. The summed E-state index contributed by atoms with van der Waals surface area (Å²) in [6, 6.07) is 9.65. The molecule has 1 unspecified atom stereocenters. The number of unbranched alkanes of at least 4 members (excludes halogenated alkanes) is 1. The van der Waals surface area contributed by atoms with Gasteiger partial charge in [-0.2, -0.15) is 0 Å². The molecule has 102 valence electrons. The van der Waals surface area contributed by atoms with Crippen LogP contribution in [0.4, 0.5) is 0 Å². The molecule has 0 aliphatic carbocycles. The number of halogens is 1. The lowest BCUT2D eigenvalue weighted by Crippen LogP contribution is -2.50. The smallest absolute Gasteiger partial charge is 0.205 e. The topological polar surface area (TPSA) is 32.7 Å². The first kappa shape index (κ1) is 15.4. The van der Waals surface area contributed by atoms with E-state index in [4.69, 9.17) is 4.74 Å². The van der Waals surface area contributed by atoms with Crippen molar-refractivity contribution in [3.63, 3.8) is 0 Å². The van der Waals surface area contributed by atoms with Crippen molar-refractivity contribution in [1.29, 1.82) is 0 Å². The first-order valence-corrected chi connectivity index (χ1v) is 6.39. The van der Waals surface area contributed by atoms with E-state index in [0.29, 0.717) is 13.2 Å².